The van der Waals surface area contributed by atoms with E-state index in [-0.39, 0.29) is 0 Å². The van der Waals surface area contributed by atoms with E-state index >= 15 is 0 Å². The van der Waals surface area contributed by atoms with Gasteiger partial charge in [0.2, 0.25) is 5.96 Å². The van der Waals surface area contributed by atoms with E-state index in [2.05, 4.69) is 163 Å². The fourth-order valence-corrected chi connectivity index (χ4v) is 8.04. The van der Waals surface area contributed by atoms with Crippen LogP contribution in [0.15, 0.2) is 174 Å². The van der Waals surface area contributed by atoms with Crippen molar-refractivity contribution in [1.82, 2.24) is 9.88 Å². The first-order valence-electron chi connectivity index (χ1n) is 17.8. The van der Waals surface area contributed by atoms with Gasteiger partial charge in [-0.1, -0.05) is 133 Å². The van der Waals surface area contributed by atoms with Gasteiger partial charge in [0.25, 0.3) is 0 Å². The maximum absolute atomic E-state index is 5.30. The van der Waals surface area contributed by atoms with Crippen molar-refractivity contribution in [2.24, 2.45) is 9.98 Å². The summed E-state index contributed by atoms with van der Waals surface area (Å²) in [5, 5.41) is 13.6. The van der Waals surface area contributed by atoms with Gasteiger partial charge in [0, 0.05) is 28.1 Å². The standard InChI is InChI=1S/C48H34N4/c1-30-26-33(24-25-34(30)41-28-43-38-19-9-7-17-36(38)35-16-6-8-18-37(35)42(43)27-31(41)2)47-50-44(32-14-4-3-5-15-32)29-49-48(51-47)52-45-22-12-10-20-39(45)40-21-11-13-23-46(40)52/h3-29H,1-2H3,(H,49,50,51). The van der Waals surface area contributed by atoms with Crippen LogP contribution in [0.5, 0.6) is 0 Å². The largest absolute Gasteiger partial charge is 0.330 e. The van der Waals surface area contributed by atoms with E-state index in [0.717, 1.165) is 27.9 Å². The average Bonchev–Trinajstić information content (AvgIpc) is 3.36. The summed E-state index contributed by atoms with van der Waals surface area (Å²) in [6.07, 6.45) is 1.97. The maximum Gasteiger partial charge on any atom is 0.214 e. The van der Waals surface area contributed by atoms with Gasteiger partial charge in [-0.05, 0) is 92.7 Å². The fourth-order valence-electron chi connectivity index (χ4n) is 8.04. The summed E-state index contributed by atoms with van der Waals surface area (Å²) in [4.78, 5) is 10.5. The van der Waals surface area contributed by atoms with Crippen molar-refractivity contribution < 1.29 is 0 Å². The van der Waals surface area contributed by atoms with Crippen molar-refractivity contribution in [3.05, 3.63) is 186 Å². The summed E-state index contributed by atoms with van der Waals surface area (Å²) in [7, 11) is 0. The smallest absolute Gasteiger partial charge is 0.214 e. The lowest BCUT2D eigenvalue weighted by Crippen LogP contribution is -2.26. The van der Waals surface area contributed by atoms with Crippen LogP contribution < -0.4 is 5.32 Å². The fraction of sp³-hybridized carbons (Fsp3) is 0.0417. The van der Waals surface area contributed by atoms with Gasteiger partial charge in [-0.3, -0.25) is 4.57 Å². The normalized spacial score (nSPS) is 13.3. The van der Waals surface area contributed by atoms with Crippen molar-refractivity contribution in [3.63, 3.8) is 0 Å². The second-order valence-corrected chi connectivity index (χ2v) is 13.6. The van der Waals surface area contributed by atoms with Crippen molar-refractivity contribution in [1.29, 1.82) is 0 Å². The number of benzene rings is 8. The molecule has 0 radical (unpaired) electrons. The molecule has 1 aliphatic heterocycles. The molecule has 0 saturated heterocycles. The highest BCUT2D eigenvalue weighted by Crippen LogP contribution is 2.39. The van der Waals surface area contributed by atoms with E-state index in [1.54, 1.807) is 0 Å². The van der Waals surface area contributed by atoms with Crippen molar-refractivity contribution in [3.8, 4) is 11.1 Å². The molecule has 1 aromatic heterocycles. The van der Waals surface area contributed by atoms with E-state index in [1.807, 2.05) is 24.4 Å². The van der Waals surface area contributed by atoms with E-state index in [9.17, 15) is 0 Å². The molecule has 4 nitrogen and oxygen atoms in total. The summed E-state index contributed by atoms with van der Waals surface area (Å²) < 4.78 is 2.21. The lowest BCUT2D eigenvalue weighted by atomic mass is 9.88. The zero-order chi connectivity index (χ0) is 34.8. The van der Waals surface area contributed by atoms with Crippen LogP contribution in [0.4, 0.5) is 0 Å². The van der Waals surface area contributed by atoms with E-state index in [4.69, 9.17) is 9.98 Å². The first kappa shape index (κ1) is 30.1. The first-order chi connectivity index (χ1) is 25.6. The molecular weight excluding hydrogens is 633 g/mol. The van der Waals surface area contributed by atoms with Gasteiger partial charge < -0.3 is 5.32 Å². The van der Waals surface area contributed by atoms with Gasteiger partial charge in [-0.15, -0.1) is 0 Å². The topological polar surface area (TPSA) is 41.7 Å². The number of aliphatic imine (C=N–C) groups is 2. The maximum atomic E-state index is 5.30. The summed E-state index contributed by atoms with van der Waals surface area (Å²) in [5.74, 6) is 1.35. The lowest BCUT2D eigenvalue weighted by molar-refractivity contribution is 1.12. The number of fused-ring (bicyclic) bond motifs is 9. The van der Waals surface area contributed by atoms with E-state index in [1.165, 1.54) is 65.3 Å². The monoisotopic (exact) mass is 666 g/mol. The van der Waals surface area contributed by atoms with Crippen LogP contribution in [0.1, 0.15) is 22.3 Å². The Kier molecular flexibility index (Phi) is 6.90. The van der Waals surface area contributed by atoms with Gasteiger partial charge in [0.15, 0.2) is 5.84 Å². The molecule has 0 amide bonds. The molecule has 1 aliphatic rings. The molecule has 9 aromatic rings. The number of aromatic nitrogens is 1. The third kappa shape index (κ3) is 4.76. The molecule has 246 valence electrons. The Morgan fingerprint density at radius 1 is 0.423 bits per heavy atom. The second-order valence-electron chi connectivity index (χ2n) is 13.6. The Balaban J connectivity index is 1.14. The van der Waals surface area contributed by atoms with Gasteiger partial charge in [-0.2, -0.15) is 4.99 Å². The second kappa shape index (κ2) is 11.9. The summed E-state index contributed by atoms with van der Waals surface area (Å²) in [5.41, 5.74) is 9.84. The molecule has 0 saturated carbocycles. The lowest BCUT2D eigenvalue weighted by Gasteiger charge is -2.16. The molecule has 0 atom stereocenters. The minimum Gasteiger partial charge on any atom is -0.330 e. The first-order valence-corrected chi connectivity index (χ1v) is 17.8. The SMILES string of the molecule is Cc1cc(C2=NC(c3ccccc3)=CNC(n3c4ccccc4c4ccccc43)=N2)ccc1-c1cc2c3ccccc3c3ccccc3c2cc1C. The summed E-state index contributed by atoms with van der Waals surface area (Å²) in [6, 6.07) is 56.2. The van der Waals surface area contributed by atoms with Crippen LogP contribution in [0.3, 0.4) is 0 Å². The number of hydrogen-bond acceptors (Lipinski definition) is 3. The molecule has 0 fully saturated rings. The minimum atomic E-state index is 0.652. The molecule has 8 aromatic carbocycles. The van der Waals surface area contributed by atoms with Gasteiger partial charge >= 0.3 is 0 Å². The number of amidine groups is 1. The molecule has 4 heteroatoms. The number of hydrogen-bond donors (Lipinski definition) is 1. The molecule has 0 bridgehead atoms. The number of aryl methyl sites for hydroxylation is 2. The Morgan fingerprint density at radius 3 is 1.56 bits per heavy atom. The Hall–Kier alpha value is -6.78. The average molecular weight is 667 g/mol. The van der Waals surface area contributed by atoms with Gasteiger partial charge in [-0.25, -0.2) is 4.99 Å². The van der Waals surface area contributed by atoms with Gasteiger partial charge in [0.05, 0.1) is 16.7 Å². The molecular formula is C48H34N4. The number of nitrogens with one attached hydrogen (secondary N) is 1. The zero-order valence-electron chi connectivity index (χ0n) is 28.9. The predicted octanol–water partition coefficient (Wildman–Crippen LogP) is 11.8. The highest BCUT2D eigenvalue weighted by Gasteiger charge is 2.19. The predicted molar refractivity (Wildman–Crippen MR) is 220 cm³/mol. The van der Waals surface area contributed by atoms with Crippen LogP contribution in [-0.2, 0) is 0 Å². The molecule has 10 rings (SSSR count). The van der Waals surface area contributed by atoms with Gasteiger partial charge in [0.1, 0.15) is 0 Å². The van der Waals surface area contributed by atoms with Crippen LogP contribution in [0.2, 0.25) is 0 Å². The van der Waals surface area contributed by atoms with Crippen LogP contribution in [0, 0.1) is 13.8 Å². The third-order valence-corrected chi connectivity index (χ3v) is 10.5. The van der Waals surface area contributed by atoms with Crippen LogP contribution in [0.25, 0.3) is 70.9 Å². The molecule has 0 aliphatic carbocycles. The molecule has 0 spiro atoms. The molecule has 1 N–H and O–H groups in total. The molecule has 52 heavy (non-hydrogen) atoms. The summed E-state index contributed by atoms with van der Waals surface area (Å²) in [6.45, 7) is 4.42. The summed E-state index contributed by atoms with van der Waals surface area (Å²) >= 11 is 0. The zero-order valence-corrected chi connectivity index (χ0v) is 28.9. The Labute approximate surface area is 301 Å². The van der Waals surface area contributed by atoms with Crippen molar-refractivity contribution in [2.45, 2.75) is 13.8 Å². The van der Waals surface area contributed by atoms with E-state index < -0.39 is 0 Å². The third-order valence-electron chi connectivity index (χ3n) is 10.5. The highest BCUT2D eigenvalue weighted by atomic mass is 15.2. The minimum absolute atomic E-state index is 0.652. The Morgan fingerprint density at radius 2 is 0.942 bits per heavy atom. The number of rotatable bonds is 3. The van der Waals surface area contributed by atoms with Crippen LogP contribution >= 0.6 is 0 Å². The quantitative estimate of drug-likeness (QED) is 0.187. The molecule has 0 unspecified atom stereocenters. The molecule has 2 heterocycles. The van der Waals surface area contributed by atoms with Crippen LogP contribution in [-0.4, -0.2) is 16.4 Å². The number of nitrogens with zero attached hydrogens (tertiary/aromatic N) is 3. The highest BCUT2D eigenvalue weighted by molar-refractivity contribution is 6.26. The van der Waals surface area contributed by atoms with Crippen molar-refractivity contribution in [2.75, 3.05) is 0 Å². The number of para-hydroxylation sites is 2. The van der Waals surface area contributed by atoms with Crippen molar-refractivity contribution >= 4 is 71.6 Å². The van der Waals surface area contributed by atoms with E-state index in [0.29, 0.717) is 11.8 Å². The Bertz CT molecular complexity index is 2940.